The fourth-order valence-electron chi connectivity index (χ4n) is 2.13. The maximum atomic E-state index is 12.0. The van der Waals surface area contributed by atoms with Crippen LogP contribution in [0.25, 0.3) is 0 Å². The van der Waals surface area contributed by atoms with Crippen LogP contribution >= 0.6 is 11.3 Å². The molecule has 23 heavy (non-hydrogen) atoms. The first-order chi connectivity index (χ1) is 11.0. The van der Waals surface area contributed by atoms with E-state index in [9.17, 15) is 9.59 Å². The Hall–Kier alpha value is -2.14. The molecule has 0 bridgehead atoms. The molecular weight excluding hydrogens is 310 g/mol. The van der Waals surface area contributed by atoms with E-state index in [0.717, 1.165) is 17.5 Å². The number of hydrogen-bond donors (Lipinski definition) is 1. The molecule has 5 heteroatoms. The number of esters is 1. The molecule has 0 radical (unpaired) electrons. The van der Waals surface area contributed by atoms with Crippen molar-refractivity contribution < 1.29 is 14.3 Å². The van der Waals surface area contributed by atoms with Crippen LogP contribution < -0.4 is 5.32 Å². The molecular formula is C18H21NO3S. The fourth-order valence-corrected chi connectivity index (χ4v) is 3.14. The van der Waals surface area contributed by atoms with Crippen molar-refractivity contribution in [1.82, 2.24) is 5.32 Å². The van der Waals surface area contributed by atoms with Crippen LogP contribution in [0.1, 0.15) is 38.2 Å². The number of hydrogen-bond acceptors (Lipinski definition) is 4. The second-order valence-corrected chi connectivity index (χ2v) is 6.55. The van der Waals surface area contributed by atoms with E-state index in [0.29, 0.717) is 11.4 Å². The zero-order valence-electron chi connectivity index (χ0n) is 13.6. The molecule has 0 saturated carbocycles. The molecule has 0 aliphatic carbocycles. The number of rotatable bonds is 6. The topological polar surface area (TPSA) is 55.4 Å². The summed E-state index contributed by atoms with van der Waals surface area (Å²) in [6.07, 6.45) is 0.890. The number of carbonyl (C=O) groups excluding carboxylic acids is 2. The van der Waals surface area contributed by atoms with Gasteiger partial charge in [-0.05, 0) is 37.5 Å². The molecule has 2 rings (SSSR count). The molecule has 122 valence electrons. The van der Waals surface area contributed by atoms with E-state index in [4.69, 9.17) is 4.74 Å². The average molecular weight is 331 g/mol. The first-order valence-corrected chi connectivity index (χ1v) is 8.40. The van der Waals surface area contributed by atoms with Gasteiger partial charge in [0.05, 0.1) is 0 Å². The maximum absolute atomic E-state index is 12.0. The quantitative estimate of drug-likeness (QED) is 0.826. The van der Waals surface area contributed by atoms with Gasteiger partial charge in [-0.2, -0.15) is 0 Å². The normalized spacial score (nSPS) is 10.4. The minimum absolute atomic E-state index is 0.261. The highest BCUT2D eigenvalue weighted by Crippen LogP contribution is 2.22. The molecule has 1 heterocycles. The molecule has 0 saturated heterocycles. The molecule has 1 aromatic heterocycles. The zero-order valence-corrected chi connectivity index (χ0v) is 14.5. The summed E-state index contributed by atoms with van der Waals surface area (Å²) in [6.45, 7) is 6.20. The van der Waals surface area contributed by atoms with E-state index in [-0.39, 0.29) is 12.5 Å². The lowest BCUT2D eigenvalue weighted by atomic mass is 10.1. The van der Waals surface area contributed by atoms with E-state index in [1.54, 1.807) is 0 Å². The molecule has 0 unspecified atom stereocenters. The summed E-state index contributed by atoms with van der Waals surface area (Å²) < 4.78 is 5.07. The third-order valence-electron chi connectivity index (χ3n) is 3.49. The summed E-state index contributed by atoms with van der Waals surface area (Å²) >= 11 is 1.42. The van der Waals surface area contributed by atoms with E-state index in [1.165, 1.54) is 21.8 Å². The number of ether oxygens (including phenoxy) is 1. The summed E-state index contributed by atoms with van der Waals surface area (Å²) in [4.78, 5) is 25.4. The average Bonchev–Trinajstić information content (AvgIpc) is 2.93. The number of amides is 1. The van der Waals surface area contributed by atoms with Crippen LogP contribution in [0.15, 0.2) is 30.3 Å². The van der Waals surface area contributed by atoms with Crippen molar-refractivity contribution in [3.05, 3.63) is 56.8 Å². The van der Waals surface area contributed by atoms with Gasteiger partial charge in [-0.3, -0.25) is 4.79 Å². The lowest BCUT2D eigenvalue weighted by Crippen LogP contribution is -2.28. The Labute approximate surface area is 140 Å². The van der Waals surface area contributed by atoms with Crippen molar-refractivity contribution >= 4 is 23.2 Å². The summed E-state index contributed by atoms with van der Waals surface area (Å²) in [5.74, 6) is -0.744. The van der Waals surface area contributed by atoms with Crippen molar-refractivity contribution in [2.24, 2.45) is 0 Å². The van der Waals surface area contributed by atoms with Crippen molar-refractivity contribution in [2.75, 3.05) is 6.61 Å². The van der Waals surface area contributed by atoms with Crippen molar-refractivity contribution in [1.29, 1.82) is 0 Å². The molecule has 1 N–H and O–H groups in total. The highest BCUT2D eigenvalue weighted by Gasteiger charge is 2.14. The Bertz CT molecular complexity index is 689. The van der Waals surface area contributed by atoms with E-state index in [1.807, 2.05) is 51.1 Å². The summed E-state index contributed by atoms with van der Waals surface area (Å²) in [7, 11) is 0. The summed E-state index contributed by atoms with van der Waals surface area (Å²) in [5.41, 5.74) is 3.27. The Balaban J connectivity index is 1.79. The SMILES string of the molecule is CCc1sc(C(=O)OCC(=O)NCc2ccc(C)cc2)cc1C. The number of benzene rings is 1. The smallest absolute Gasteiger partial charge is 0.348 e. The van der Waals surface area contributed by atoms with Crippen LogP contribution in [0.2, 0.25) is 0 Å². The zero-order chi connectivity index (χ0) is 16.8. The minimum atomic E-state index is -0.441. The van der Waals surface area contributed by atoms with Crippen molar-refractivity contribution in [2.45, 2.75) is 33.7 Å². The number of carbonyl (C=O) groups is 2. The van der Waals surface area contributed by atoms with Crippen LogP contribution in [-0.4, -0.2) is 18.5 Å². The molecule has 0 aliphatic rings. The van der Waals surface area contributed by atoms with E-state index < -0.39 is 5.97 Å². The highest BCUT2D eigenvalue weighted by atomic mass is 32.1. The first-order valence-electron chi connectivity index (χ1n) is 7.58. The van der Waals surface area contributed by atoms with Crippen LogP contribution in [0.5, 0.6) is 0 Å². The Morgan fingerprint density at radius 3 is 2.48 bits per heavy atom. The van der Waals surface area contributed by atoms with Gasteiger partial charge in [0.1, 0.15) is 4.88 Å². The minimum Gasteiger partial charge on any atom is -0.451 e. The lowest BCUT2D eigenvalue weighted by Gasteiger charge is -2.06. The van der Waals surface area contributed by atoms with Gasteiger partial charge in [0.2, 0.25) is 0 Å². The number of aryl methyl sites for hydroxylation is 3. The second-order valence-electron chi connectivity index (χ2n) is 5.41. The van der Waals surface area contributed by atoms with Gasteiger partial charge in [-0.1, -0.05) is 36.8 Å². The van der Waals surface area contributed by atoms with Crippen LogP contribution in [0, 0.1) is 13.8 Å². The molecule has 0 fully saturated rings. The number of nitrogens with one attached hydrogen (secondary N) is 1. The summed E-state index contributed by atoms with van der Waals surface area (Å²) in [6, 6.07) is 9.72. The predicted octanol–water partition coefficient (Wildman–Crippen LogP) is 3.40. The monoisotopic (exact) mass is 331 g/mol. The number of thiophene rings is 1. The van der Waals surface area contributed by atoms with Gasteiger partial charge in [-0.25, -0.2) is 4.79 Å². The molecule has 1 aromatic carbocycles. The lowest BCUT2D eigenvalue weighted by molar-refractivity contribution is -0.124. The fraction of sp³-hybridized carbons (Fsp3) is 0.333. The Kier molecular flexibility index (Phi) is 5.93. The van der Waals surface area contributed by atoms with Gasteiger partial charge in [0.15, 0.2) is 6.61 Å². The van der Waals surface area contributed by atoms with Crippen LogP contribution in [-0.2, 0) is 22.5 Å². The molecule has 0 spiro atoms. The largest absolute Gasteiger partial charge is 0.451 e. The summed E-state index contributed by atoms with van der Waals surface area (Å²) in [5, 5.41) is 2.74. The second kappa shape index (κ2) is 7.92. The van der Waals surface area contributed by atoms with E-state index >= 15 is 0 Å². The van der Waals surface area contributed by atoms with Gasteiger partial charge in [0.25, 0.3) is 5.91 Å². The molecule has 0 atom stereocenters. The van der Waals surface area contributed by atoms with Crippen LogP contribution in [0.3, 0.4) is 0 Å². The third kappa shape index (κ3) is 4.93. The van der Waals surface area contributed by atoms with Gasteiger partial charge < -0.3 is 10.1 Å². The molecule has 0 aliphatic heterocycles. The van der Waals surface area contributed by atoms with Gasteiger partial charge in [0, 0.05) is 11.4 Å². The Morgan fingerprint density at radius 1 is 1.17 bits per heavy atom. The van der Waals surface area contributed by atoms with Crippen molar-refractivity contribution in [3.63, 3.8) is 0 Å². The highest BCUT2D eigenvalue weighted by molar-refractivity contribution is 7.14. The molecule has 1 amide bonds. The Morgan fingerprint density at radius 2 is 1.87 bits per heavy atom. The standard InChI is InChI=1S/C18H21NO3S/c1-4-15-13(3)9-16(23-15)18(21)22-11-17(20)19-10-14-7-5-12(2)6-8-14/h5-9H,4,10-11H2,1-3H3,(H,19,20). The predicted molar refractivity (Wildman–Crippen MR) is 91.7 cm³/mol. The molecule has 2 aromatic rings. The van der Waals surface area contributed by atoms with Crippen molar-refractivity contribution in [3.8, 4) is 0 Å². The van der Waals surface area contributed by atoms with Gasteiger partial charge >= 0.3 is 5.97 Å². The molecule has 4 nitrogen and oxygen atoms in total. The third-order valence-corrected chi connectivity index (χ3v) is 4.85. The van der Waals surface area contributed by atoms with E-state index in [2.05, 4.69) is 5.32 Å². The first kappa shape index (κ1) is 17.2. The van der Waals surface area contributed by atoms with Gasteiger partial charge in [-0.15, -0.1) is 11.3 Å². The maximum Gasteiger partial charge on any atom is 0.348 e. The van der Waals surface area contributed by atoms with Crippen LogP contribution in [0.4, 0.5) is 0 Å².